The quantitative estimate of drug-likeness (QED) is 0.843. The normalized spacial score (nSPS) is 20.3. The molecule has 0 unspecified atom stereocenters. The van der Waals surface area contributed by atoms with Crippen molar-refractivity contribution in [3.8, 4) is 0 Å². The van der Waals surface area contributed by atoms with Crippen molar-refractivity contribution in [1.29, 1.82) is 0 Å². The molecular formula is C14H25N3O3. The minimum Gasteiger partial charge on any atom is -0.353 e. The summed E-state index contributed by atoms with van der Waals surface area (Å²) >= 11 is 0. The molecule has 1 aromatic rings. The molecule has 0 radical (unpaired) electrons. The van der Waals surface area contributed by atoms with Gasteiger partial charge in [0, 0.05) is 6.61 Å². The highest BCUT2D eigenvalue weighted by Crippen LogP contribution is 2.14. The molecule has 0 spiro atoms. The van der Waals surface area contributed by atoms with Crippen LogP contribution in [0.5, 0.6) is 0 Å². The van der Waals surface area contributed by atoms with Gasteiger partial charge >= 0.3 is 5.69 Å². The molecule has 0 bridgehead atoms. The van der Waals surface area contributed by atoms with Crippen molar-refractivity contribution in [2.75, 3.05) is 13.2 Å². The van der Waals surface area contributed by atoms with Crippen LogP contribution in [0.3, 0.4) is 0 Å². The first-order valence-corrected chi connectivity index (χ1v) is 7.30. The molecule has 1 atom stereocenters. The number of nitrogens with zero attached hydrogens (tertiary/aromatic N) is 3. The van der Waals surface area contributed by atoms with Crippen molar-refractivity contribution < 1.29 is 9.47 Å². The van der Waals surface area contributed by atoms with E-state index in [1.165, 1.54) is 4.68 Å². The topological polar surface area (TPSA) is 58.3 Å². The third-order valence-corrected chi connectivity index (χ3v) is 3.44. The maximum Gasteiger partial charge on any atom is 0.346 e. The Kier molecular flexibility index (Phi) is 4.65. The fourth-order valence-corrected chi connectivity index (χ4v) is 2.31. The molecule has 0 amide bonds. The van der Waals surface area contributed by atoms with Crippen LogP contribution in [0.25, 0.3) is 0 Å². The fraction of sp³-hybridized carbons (Fsp3) is 0.857. The summed E-state index contributed by atoms with van der Waals surface area (Å²) in [6.45, 7) is 9.51. The first kappa shape index (κ1) is 15.3. The van der Waals surface area contributed by atoms with Crippen molar-refractivity contribution in [2.24, 2.45) is 0 Å². The van der Waals surface area contributed by atoms with E-state index in [0.717, 1.165) is 31.7 Å². The lowest BCUT2D eigenvalue weighted by molar-refractivity contribution is -0.163. The van der Waals surface area contributed by atoms with Gasteiger partial charge in [-0.1, -0.05) is 0 Å². The average Bonchev–Trinajstić information content (AvgIpc) is 2.67. The first-order chi connectivity index (χ1) is 9.39. The van der Waals surface area contributed by atoms with Gasteiger partial charge in [0.15, 0.2) is 6.29 Å². The molecule has 114 valence electrons. The summed E-state index contributed by atoms with van der Waals surface area (Å²) in [7, 11) is 0. The van der Waals surface area contributed by atoms with Gasteiger partial charge in [-0.25, -0.2) is 9.48 Å². The molecule has 1 aliphatic rings. The molecular weight excluding hydrogens is 258 g/mol. The maximum atomic E-state index is 12.3. The number of rotatable bonds is 4. The molecule has 0 aromatic carbocycles. The Labute approximate surface area is 119 Å². The number of aryl methyl sites for hydroxylation is 1. The first-order valence-electron chi connectivity index (χ1n) is 7.30. The highest BCUT2D eigenvalue weighted by atomic mass is 16.7. The van der Waals surface area contributed by atoms with Gasteiger partial charge in [0.25, 0.3) is 0 Å². The van der Waals surface area contributed by atoms with E-state index in [0.29, 0.717) is 13.2 Å². The molecule has 20 heavy (non-hydrogen) atoms. The van der Waals surface area contributed by atoms with Crippen LogP contribution in [-0.4, -0.2) is 33.9 Å². The molecule has 1 aromatic heterocycles. The third-order valence-electron chi connectivity index (χ3n) is 3.44. The number of ether oxygens (including phenoxy) is 2. The molecule has 1 fully saturated rings. The largest absolute Gasteiger partial charge is 0.353 e. The molecule has 2 heterocycles. The molecule has 0 aliphatic carbocycles. The molecule has 6 heteroatoms. The lowest BCUT2D eigenvalue weighted by Crippen LogP contribution is -2.36. The van der Waals surface area contributed by atoms with E-state index in [2.05, 4.69) is 5.10 Å². The van der Waals surface area contributed by atoms with Gasteiger partial charge in [0.2, 0.25) is 0 Å². The Hall–Kier alpha value is -1.14. The van der Waals surface area contributed by atoms with E-state index in [1.54, 1.807) is 4.57 Å². The summed E-state index contributed by atoms with van der Waals surface area (Å²) < 4.78 is 14.4. The Bertz CT molecular complexity index is 493. The Morgan fingerprint density at radius 3 is 2.70 bits per heavy atom. The van der Waals surface area contributed by atoms with Crippen molar-refractivity contribution in [3.05, 3.63) is 16.3 Å². The van der Waals surface area contributed by atoms with E-state index in [1.807, 2.05) is 27.7 Å². The Balaban J connectivity index is 1.96. The van der Waals surface area contributed by atoms with E-state index in [-0.39, 0.29) is 17.5 Å². The average molecular weight is 283 g/mol. The summed E-state index contributed by atoms with van der Waals surface area (Å²) in [5.41, 5.74) is -0.386. The van der Waals surface area contributed by atoms with Gasteiger partial charge in [0.05, 0.1) is 18.7 Å². The fourth-order valence-electron chi connectivity index (χ4n) is 2.31. The standard InChI is InChI=1S/C14H25N3O3/c1-11-15-17(14(2,3)4)13(18)16(11)8-10-20-12-7-5-6-9-19-12/h12H,5-10H2,1-4H3/t12-/m0/s1. The second-order valence-electron chi connectivity index (χ2n) is 6.23. The predicted molar refractivity (Wildman–Crippen MR) is 75.8 cm³/mol. The van der Waals surface area contributed by atoms with E-state index in [4.69, 9.17) is 9.47 Å². The van der Waals surface area contributed by atoms with Gasteiger partial charge in [-0.05, 0) is 47.0 Å². The zero-order valence-corrected chi connectivity index (χ0v) is 12.9. The van der Waals surface area contributed by atoms with Gasteiger partial charge in [-0.15, -0.1) is 0 Å². The number of hydrogen-bond donors (Lipinski definition) is 0. The molecule has 0 N–H and O–H groups in total. The molecule has 0 saturated carbocycles. The van der Waals surface area contributed by atoms with Crippen LogP contribution in [0, 0.1) is 6.92 Å². The Morgan fingerprint density at radius 2 is 2.15 bits per heavy atom. The van der Waals surface area contributed by atoms with Crippen LogP contribution in [0.4, 0.5) is 0 Å². The van der Waals surface area contributed by atoms with Gasteiger partial charge in [-0.3, -0.25) is 4.57 Å². The van der Waals surface area contributed by atoms with Crippen molar-refractivity contribution in [2.45, 2.75) is 65.3 Å². The molecule has 6 nitrogen and oxygen atoms in total. The lowest BCUT2D eigenvalue weighted by Gasteiger charge is -2.22. The minimum absolute atomic E-state index is 0.0804. The number of hydrogen-bond acceptors (Lipinski definition) is 4. The van der Waals surface area contributed by atoms with Crippen LogP contribution in [-0.2, 0) is 21.6 Å². The summed E-state index contributed by atoms with van der Waals surface area (Å²) in [6.07, 6.45) is 3.08. The zero-order chi connectivity index (χ0) is 14.8. The summed E-state index contributed by atoms with van der Waals surface area (Å²) in [5, 5.41) is 4.33. The van der Waals surface area contributed by atoms with Crippen LogP contribution in [0.2, 0.25) is 0 Å². The van der Waals surface area contributed by atoms with Crippen molar-refractivity contribution >= 4 is 0 Å². The Morgan fingerprint density at radius 1 is 1.40 bits per heavy atom. The molecule has 1 saturated heterocycles. The van der Waals surface area contributed by atoms with E-state index < -0.39 is 0 Å². The lowest BCUT2D eigenvalue weighted by atomic mass is 10.1. The molecule has 1 aliphatic heterocycles. The maximum absolute atomic E-state index is 12.3. The summed E-state index contributed by atoms with van der Waals surface area (Å²) in [4.78, 5) is 12.3. The smallest absolute Gasteiger partial charge is 0.346 e. The monoisotopic (exact) mass is 283 g/mol. The molecule has 2 rings (SSSR count). The highest BCUT2D eigenvalue weighted by molar-refractivity contribution is 4.87. The zero-order valence-electron chi connectivity index (χ0n) is 12.9. The summed E-state index contributed by atoms with van der Waals surface area (Å²) in [6, 6.07) is 0. The van der Waals surface area contributed by atoms with E-state index in [9.17, 15) is 4.79 Å². The van der Waals surface area contributed by atoms with E-state index >= 15 is 0 Å². The minimum atomic E-state index is -0.305. The van der Waals surface area contributed by atoms with Crippen molar-refractivity contribution in [3.63, 3.8) is 0 Å². The summed E-state index contributed by atoms with van der Waals surface area (Å²) in [5.74, 6) is 0.720. The third kappa shape index (κ3) is 3.49. The SMILES string of the molecule is Cc1nn(C(C)(C)C)c(=O)n1CCO[C@H]1CCCCO1. The van der Waals surface area contributed by atoms with Gasteiger partial charge in [-0.2, -0.15) is 5.10 Å². The van der Waals surface area contributed by atoms with Gasteiger partial charge < -0.3 is 9.47 Å². The van der Waals surface area contributed by atoms with Crippen LogP contribution >= 0.6 is 0 Å². The second-order valence-corrected chi connectivity index (χ2v) is 6.23. The predicted octanol–water partition coefficient (Wildman–Crippen LogP) is 1.65. The van der Waals surface area contributed by atoms with Crippen LogP contribution in [0.1, 0.15) is 45.9 Å². The second kappa shape index (κ2) is 6.10. The van der Waals surface area contributed by atoms with Crippen molar-refractivity contribution in [1.82, 2.24) is 14.3 Å². The number of aromatic nitrogens is 3. The van der Waals surface area contributed by atoms with Crippen LogP contribution in [0.15, 0.2) is 4.79 Å². The highest BCUT2D eigenvalue weighted by Gasteiger charge is 2.21. The van der Waals surface area contributed by atoms with Gasteiger partial charge in [0.1, 0.15) is 5.82 Å². The van der Waals surface area contributed by atoms with Crippen LogP contribution < -0.4 is 5.69 Å².